The zero-order valence-corrected chi connectivity index (χ0v) is 27.5. The first-order valence-electron chi connectivity index (χ1n) is 17.9. The van der Waals surface area contributed by atoms with E-state index in [1.165, 1.54) is 114 Å². The number of rotatable bonds is 18. The van der Waals surface area contributed by atoms with Crippen LogP contribution in [0.4, 0.5) is 0 Å². The van der Waals surface area contributed by atoms with Gasteiger partial charge in [-0.25, -0.2) is 14.7 Å². The molecule has 4 nitrogen and oxygen atoms in total. The van der Waals surface area contributed by atoms with Crippen molar-refractivity contribution in [3.05, 3.63) is 70.8 Å². The highest BCUT2D eigenvalue weighted by molar-refractivity contribution is 5.27. The molecule has 0 aromatic heterocycles. The van der Waals surface area contributed by atoms with Crippen LogP contribution in [-0.2, 0) is 21.3 Å². The highest BCUT2D eigenvalue weighted by Gasteiger charge is 2.24. The summed E-state index contributed by atoms with van der Waals surface area (Å²) in [5, 5.41) is 9.67. The van der Waals surface area contributed by atoms with Crippen molar-refractivity contribution in [1.29, 1.82) is 0 Å². The van der Waals surface area contributed by atoms with Crippen LogP contribution in [0.25, 0.3) is 0 Å². The molecule has 0 radical (unpaired) electrons. The van der Waals surface area contributed by atoms with Gasteiger partial charge in [-0.2, -0.15) is 0 Å². The predicted molar refractivity (Wildman–Crippen MR) is 177 cm³/mol. The van der Waals surface area contributed by atoms with Crippen LogP contribution in [0.1, 0.15) is 170 Å². The monoisotopic (exact) mass is 592 g/mol. The second kappa shape index (κ2) is 18.9. The summed E-state index contributed by atoms with van der Waals surface area (Å²) in [5.74, 6) is 3.23. The highest BCUT2D eigenvalue weighted by Crippen LogP contribution is 2.39. The summed E-state index contributed by atoms with van der Waals surface area (Å²) in [6.07, 6.45) is 21.6. The van der Waals surface area contributed by atoms with Crippen molar-refractivity contribution in [2.45, 2.75) is 161 Å². The minimum absolute atomic E-state index is 0.216. The Morgan fingerprint density at radius 1 is 0.674 bits per heavy atom. The van der Waals surface area contributed by atoms with Crippen molar-refractivity contribution in [3.8, 4) is 0 Å². The molecule has 1 N–H and O–H groups in total. The van der Waals surface area contributed by atoms with Gasteiger partial charge < -0.3 is 0 Å². The fraction of sp³-hybridized carbons (Fsp3) is 0.692. The summed E-state index contributed by atoms with van der Waals surface area (Å²) in [6, 6.07) is 17.6. The molecule has 2 unspecified atom stereocenters. The molecule has 0 spiro atoms. The van der Waals surface area contributed by atoms with E-state index < -0.39 is 6.10 Å². The molecule has 4 rings (SSSR count). The normalized spacial score (nSPS) is 24.1. The lowest BCUT2D eigenvalue weighted by molar-refractivity contribution is -0.344. The van der Waals surface area contributed by atoms with E-state index in [4.69, 9.17) is 14.7 Å². The Hall–Kier alpha value is -1.72. The van der Waals surface area contributed by atoms with Gasteiger partial charge in [-0.15, -0.1) is 0 Å². The quantitative estimate of drug-likeness (QED) is 0.106. The minimum atomic E-state index is -0.442. The Labute approximate surface area is 262 Å². The van der Waals surface area contributed by atoms with E-state index in [0.29, 0.717) is 24.9 Å². The number of unbranched alkanes of at least 4 members (excludes halogenated alkanes) is 4. The van der Waals surface area contributed by atoms with Gasteiger partial charge in [0.15, 0.2) is 0 Å². The van der Waals surface area contributed by atoms with Crippen LogP contribution < -0.4 is 0 Å². The van der Waals surface area contributed by atoms with E-state index >= 15 is 0 Å². The van der Waals surface area contributed by atoms with Crippen molar-refractivity contribution in [2.24, 2.45) is 11.8 Å². The SMILES string of the molecule is CCCCCC1CCC(c2ccc(COOC(C)CC(OO)c3ccc(C4CCC(CCCCC)CC4)cc3)cc2)CC1. The number of hydrogen-bond acceptors (Lipinski definition) is 4. The van der Waals surface area contributed by atoms with Crippen molar-refractivity contribution in [2.75, 3.05) is 0 Å². The summed E-state index contributed by atoms with van der Waals surface area (Å²) < 4.78 is 0. The topological polar surface area (TPSA) is 47.9 Å². The second-order valence-electron chi connectivity index (χ2n) is 13.8. The van der Waals surface area contributed by atoms with E-state index in [9.17, 15) is 5.26 Å². The maximum Gasteiger partial charge on any atom is 0.120 e. The molecule has 0 heterocycles. The van der Waals surface area contributed by atoms with E-state index in [2.05, 4.69) is 62.4 Å². The van der Waals surface area contributed by atoms with Gasteiger partial charge in [-0.05, 0) is 104 Å². The van der Waals surface area contributed by atoms with Crippen LogP contribution in [0.5, 0.6) is 0 Å². The first-order valence-corrected chi connectivity index (χ1v) is 17.9. The fourth-order valence-corrected chi connectivity index (χ4v) is 7.60. The standard InChI is InChI=1S/C39H60O4/c1-4-6-8-10-31-12-18-34(19-13-31)36-22-16-33(17-23-36)29-41-43-30(3)28-39(42-40)38-26-24-37(25-27-38)35-20-14-32(15-21-35)11-9-7-5-2/h16-17,22-27,30-32,34-35,39-40H,4-15,18-21,28-29H2,1-3H3. The van der Waals surface area contributed by atoms with Gasteiger partial charge in [-0.1, -0.05) is 114 Å². The minimum Gasteiger partial charge on any atom is -0.251 e. The molecule has 2 fully saturated rings. The summed E-state index contributed by atoms with van der Waals surface area (Å²) in [4.78, 5) is 16.2. The molecule has 2 aliphatic carbocycles. The van der Waals surface area contributed by atoms with Crippen LogP contribution in [0, 0.1) is 11.8 Å². The zero-order valence-electron chi connectivity index (χ0n) is 27.5. The summed E-state index contributed by atoms with van der Waals surface area (Å²) in [7, 11) is 0. The average molecular weight is 593 g/mol. The molecule has 0 aliphatic heterocycles. The van der Waals surface area contributed by atoms with Crippen molar-refractivity contribution in [1.82, 2.24) is 0 Å². The first kappa shape index (κ1) is 34.2. The lowest BCUT2D eigenvalue weighted by Crippen LogP contribution is -2.16. The van der Waals surface area contributed by atoms with E-state index in [-0.39, 0.29) is 6.10 Å². The molecule has 0 bridgehead atoms. The highest BCUT2D eigenvalue weighted by atomic mass is 17.2. The molecule has 2 atom stereocenters. The lowest BCUT2D eigenvalue weighted by Gasteiger charge is -2.29. The third kappa shape index (κ3) is 11.3. The summed E-state index contributed by atoms with van der Waals surface area (Å²) >= 11 is 0. The molecule has 240 valence electrons. The van der Waals surface area contributed by atoms with Crippen LogP contribution in [-0.4, -0.2) is 11.4 Å². The van der Waals surface area contributed by atoms with Crippen LogP contribution in [0.2, 0.25) is 0 Å². The van der Waals surface area contributed by atoms with Crippen molar-refractivity contribution >= 4 is 0 Å². The average Bonchev–Trinajstić information content (AvgIpc) is 3.05. The van der Waals surface area contributed by atoms with E-state index in [1.54, 1.807) is 0 Å². The van der Waals surface area contributed by atoms with Crippen molar-refractivity contribution in [3.63, 3.8) is 0 Å². The molecule has 0 amide bonds. The van der Waals surface area contributed by atoms with Crippen LogP contribution in [0.15, 0.2) is 48.5 Å². The van der Waals surface area contributed by atoms with Gasteiger partial charge in [0.2, 0.25) is 0 Å². The van der Waals surface area contributed by atoms with Gasteiger partial charge in [0.1, 0.15) is 12.7 Å². The van der Waals surface area contributed by atoms with Crippen molar-refractivity contribution < 1.29 is 19.9 Å². The molecular formula is C39H60O4. The first-order chi connectivity index (χ1) is 21.1. The number of hydrogen-bond donors (Lipinski definition) is 1. The predicted octanol–water partition coefficient (Wildman–Crippen LogP) is 11.9. The Kier molecular flexibility index (Phi) is 15.0. The smallest absolute Gasteiger partial charge is 0.120 e. The molecule has 0 saturated heterocycles. The molecule has 2 aliphatic rings. The fourth-order valence-electron chi connectivity index (χ4n) is 7.60. The summed E-state index contributed by atoms with van der Waals surface area (Å²) in [5.41, 5.74) is 4.97. The maximum absolute atomic E-state index is 9.67. The van der Waals surface area contributed by atoms with Crippen LogP contribution in [0.3, 0.4) is 0 Å². The molecule has 2 aromatic carbocycles. The third-order valence-corrected chi connectivity index (χ3v) is 10.5. The van der Waals surface area contributed by atoms with E-state index in [1.807, 2.05) is 6.92 Å². The molecular weight excluding hydrogens is 532 g/mol. The number of benzene rings is 2. The lowest BCUT2D eigenvalue weighted by atomic mass is 9.77. The Morgan fingerprint density at radius 3 is 1.63 bits per heavy atom. The van der Waals surface area contributed by atoms with Gasteiger partial charge >= 0.3 is 0 Å². The van der Waals surface area contributed by atoms with Gasteiger partial charge in [0.25, 0.3) is 0 Å². The van der Waals surface area contributed by atoms with Crippen LogP contribution >= 0.6 is 0 Å². The molecule has 2 saturated carbocycles. The molecule has 4 heteroatoms. The Bertz CT molecular complexity index is 987. The molecule has 2 aromatic rings. The van der Waals surface area contributed by atoms with Gasteiger partial charge in [0, 0.05) is 6.42 Å². The molecule has 43 heavy (non-hydrogen) atoms. The second-order valence-corrected chi connectivity index (χ2v) is 13.8. The van der Waals surface area contributed by atoms with Gasteiger partial charge in [-0.3, -0.25) is 5.26 Å². The third-order valence-electron chi connectivity index (χ3n) is 10.5. The van der Waals surface area contributed by atoms with Gasteiger partial charge in [0.05, 0.1) is 6.10 Å². The summed E-state index contributed by atoms with van der Waals surface area (Å²) in [6.45, 7) is 6.95. The Balaban J connectivity index is 1.14. The zero-order chi connectivity index (χ0) is 30.3. The van der Waals surface area contributed by atoms with E-state index in [0.717, 1.165) is 23.0 Å². The Morgan fingerprint density at radius 2 is 1.16 bits per heavy atom. The maximum atomic E-state index is 9.67. The largest absolute Gasteiger partial charge is 0.251 e.